The molecular weight excluding hydrogens is 354 g/mol. The molecule has 2 heterocycles. The van der Waals surface area contributed by atoms with Gasteiger partial charge in [0.05, 0.1) is 21.7 Å². The van der Waals surface area contributed by atoms with Gasteiger partial charge in [-0.2, -0.15) is 0 Å². The summed E-state index contributed by atoms with van der Waals surface area (Å²) in [6.07, 6.45) is 0. The van der Waals surface area contributed by atoms with Crippen LogP contribution in [0.3, 0.4) is 0 Å². The molecule has 0 fully saturated rings. The van der Waals surface area contributed by atoms with Crippen molar-refractivity contribution in [3.8, 4) is 5.75 Å². The summed E-state index contributed by atoms with van der Waals surface area (Å²) in [5.74, 6) is -0.909. The number of rotatable bonds is 4. The smallest absolute Gasteiger partial charge is 0.271 e. The van der Waals surface area contributed by atoms with E-state index in [2.05, 4.69) is 0 Å². The summed E-state index contributed by atoms with van der Waals surface area (Å²) in [5, 5.41) is 11.0. The average Bonchev–Trinajstić information content (AvgIpc) is 2.91. The predicted molar refractivity (Wildman–Crippen MR) is 92.8 cm³/mol. The Kier molecular flexibility index (Phi) is 3.84. The number of benzene rings is 2. The summed E-state index contributed by atoms with van der Waals surface area (Å²) in [6.45, 7) is -0.227. The van der Waals surface area contributed by atoms with Gasteiger partial charge in [0, 0.05) is 25.2 Å². The highest BCUT2D eigenvalue weighted by molar-refractivity contribution is 6.21. The van der Waals surface area contributed by atoms with E-state index in [1.165, 1.54) is 23.1 Å². The Morgan fingerprint density at radius 3 is 2.22 bits per heavy atom. The van der Waals surface area contributed by atoms with E-state index in [9.17, 15) is 24.5 Å². The summed E-state index contributed by atoms with van der Waals surface area (Å²) in [6, 6.07) is 10.5. The fourth-order valence-electron chi connectivity index (χ4n) is 3.19. The Balaban J connectivity index is 1.58. The molecule has 2 aliphatic rings. The van der Waals surface area contributed by atoms with Crippen LogP contribution in [-0.2, 0) is 4.79 Å². The van der Waals surface area contributed by atoms with Gasteiger partial charge in [-0.05, 0) is 18.2 Å². The topological polar surface area (TPSA) is 110 Å². The molecule has 9 nitrogen and oxygen atoms in total. The van der Waals surface area contributed by atoms with E-state index in [1.54, 1.807) is 24.3 Å². The molecule has 2 aromatic carbocycles. The van der Waals surface area contributed by atoms with E-state index in [4.69, 9.17) is 4.74 Å². The number of nitro groups is 1. The van der Waals surface area contributed by atoms with Crippen molar-refractivity contribution >= 4 is 29.1 Å². The average molecular weight is 367 g/mol. The zero-order chi connectivity index (χ0) is 19.1. The molecular formula is C18H13N3O6. The van der Waals surface area contributed by atoms with Crippen LogP contribution in [0.5, 0.6) is 5.75 Å². The van der Waals surface area contributed by atoms with Gasteiger partial charge >= 0.3 is 0 Å². The molecule has 9 heteroatoms. The van der Waals surface area contributed by atoms with Gasteiger partial charge < -0.3 is 9.64 Å². The molecule has 3 amide bonds. The van der Waals surface area contributed by atoms with Gasteiger partial charge in [-0.25, -0.2) is 0 Å². The molecule has 0 saturated carbocycles. The zero-order valence-electron chi connectivity index (χ0n) is 14.0. The van der Waals surface area contributed by atoms with Crippen LogP contribution in [0.25, 0.3) is 0 Å². The number of hydrogen-bond donors (Lipinski definition) is 0. The highest BCUT2D eigenvalue weighted by Gasteiger charge is 2.36. The number of imide groups is 1. The highest BCUT2D eigenvalue weighted by Crippen LogP contribution is 2.35. The van der Waals surface area contributed by atoms with Crippen LogP contribution < -0.4 is 9.64 Å². The standard InChI is InChI=1S/C18H13N3O6/c22-16-10-27-15-6-5-11(21(25)26)9-14(15)19(16)7-8-20-17(23)12-3-1-2-4-13(12)18(20)24/h1-6,9H,7-8,10H2. The normalized spacial score (nSPS) is 15.5. The quantitative estimate of drug-likeness (QED) is 0.461. The van der Waals surface area contributed by atoms with E-state index in [0.717, 1.165) is 4.90 Å². The molecule has 0 aliphatic carbocycles. The van der Waals surface area contributed by atoms with Gasteiger partial charge in [-0.15, -0.1) is 0 Å². The fourth-order valence-corrected chi connectivity index (χ4v) is 3.19. The number of nitrogens with zero attached hydrogens (tertiary/aromatic N) is 3. The van der Waals surface area contributed by atoms with Crippen molar-refractivity contribution in [1.82, 2.24) is 4.90 Å². The van der Waals surface area contributed by atoms with E-state index >= 15 is 0 Å². The molecule has 0 atom stereocenters. The van der Waals surface area contributed by atoms with Gasteiger partial charge in [-0.3, -0.25) is 29.4 Å². The lowest BCUT2D eigenvalue weighted by atomic mass is 10.1. The van der Waals surface area contributed by atoms with Crippen LogP contribution in [0.15, 0.2) is 42.5 Å². The molecule has 2 aromatic rings. The number of nitro benzene ring substituents is 1. The second kappa shape index (κ2) is 6.20. The highest BCUT2D eigenvalue weighted by atomic mass is 16.6. The number of anilines is 1. The zero-order valence-corrected chi connectivity index (χ0v) is 14.0. The molecule has 0 bridgehead atoms. The maximum Gasteiger partial charge on any atom is 0.271 e. The molecule has 0 spiro atoms. The summed E-state index contributed by atoms with van der Waals surface area (Å²) in [5.41, 5.74) is 0.716. The Labute approximate surface area is 152 Å². The molecule has 0 N–H and O–H groups in total. The minimum Gasteiger partial charge on any atom is -0.482 e. The minimum atomic E-state index is -0.568. The minimum absolute atomic E-state index is 0.0157. The van der Waals surface area contributed by atoms with Crippen LogP contribution in [0.2, 0.25) is 0 Å². The van der Waals surface area contributed by atoms with E-state index < -0.39 is 22.6 Å². The van der Waals surface area contributed by atoms with Crippen molar-refractivity contribution in [2.45, 2.75) is 0 Å². The van der Waals surface area contributed by atoms with Crippen LogP contribution in [0, 0.1) is 10.1 Å². The van der Waals surface area contributed by atoms with Crippen LogP contribution in [-0.4, -0.2) is 47.2 Å². The summed E-state index contributed by atoms with van der Waals surface area (Å²) >= 11 is 0. The Bertz CT molecular complexity index is 967. The number of amides is 3. The molecule has 27 heavy (non-hydrogen) atoms. The molecule has 136 valence electrons. The lowest BCUT2D eigenvalue weighted by Gasteiger charge is -2.30. The number of non-ortho nitro benzene ring substituents is 1. The lowest BCUT2D eigenvalue weighted by Crippen LogP contribution is -2.44. The predicted octanol–water partition coefficient (Wildman–Crippen LogP) is 1.62. The Morgan fingerprint density at radius 1 is 0.963 bits per heavy atom. The van der Waals surface area contributed by atoms with Crippen molar-refractivity contribution < 1.29 is 24.0 Å². The third-order valence-corrected chi connectivity index (χ3v) is 4.52. The number of ether oxygens (including phenoxy) is 1. The molecule has 0 saturated heterocycles. The first kappa shape index (κ1) is 16.7. The first-order valence-corrected chi connectivity index (χ1v) is 8.14. The first-order chi connectivity index (χ1) is 13.0. The fraction of sp³-hybridized carbons (Fsp3) is 0.167. The second-order valence-electron chi connectivity index (χ2n) is 6.05. The van der Waals surface area contributed by atoms with Gasteiger partial charge in [0.1, 0.15) is 5.75 Å². The van der Waals surface area contributed by atoms with Crippen molar-refractivity contribution in [3.63, 3.8) is 0 Å². The maximum atomic E-state index is 12.4. The molecule has 0 aromatic heterocycles. The van der Waals surface area contributed by atoms with Crippen molar-refractivity contribution in [3.05, 3.63) is 63.7 Å². The van der Waals surface area contributed by atoms with Crippen LogP contribution in [0.4, 0.5) is 11.4 Å². The SMILES string of the molecule is O=C1c2ccccc2C(=O)N1CCN1C(=O)COc2ccc([N+](=O)[O-])cc21. The van der Waals surface area contributed by atoms with E-state index in [1.807, 2.05) is 0 Å². The first-order valence-electron chi connectivity index (χ1n) is 8.14. The van der Waals surface area contributed by atoms with Crippen LogP contribution >= 0.6 is 0 Å². The second-order valence-corrected chi connectivity index (χ2v) is 6.05. The van der Waals surface area contributed by atoms with Crippen LogP contribution in [0.1, 0.15) is 20.7 Å². The molecule has 4 rings (SSSR count). The number of fused-ring (bicyclic) bond motifs is 2. The summed E-state index contributed by atoms with van der Waals surface area (Å²) in [4.78, 5) is 50.0. The van der Waals surface area contributed by atoms with E-state index in [0.29, 0.717) is 16.9 Å². The third-order valence-electron chi connectivity index (χ3n) is 4.52. The number of carbonyl (C=O) groups is 3. The molecule has 2 aliphatic heterocycles. The summed E-state index contributed by atoms with van der Waals surface area (Å²) < 4.78 is 5.30. The Morgan fingerprint density at radius 2 is 1.59 bits per heavy atom. The maximum absolute atomic E-state index is 12.4. The van der Waals surface area contributed by atoms with Gasteiger partial charge in [-0.1, -0.05) is 12.1 Å². The van der Waals surface area contributed by atoms with Gasteiger partial charge in [0.25, 0.3) is 23.4 Å². The molecule has 0 unspecified atom stereocenters. The number of hydrogen-bond acceptors (Lipinski definition) is 6. The monoisotopic (exact) mass is 367 g/mol. The third kappa shape index (κ3) is 2.69. The van der Waals surface area contributed by atoms with Gasteiger partial charge in [0.15, 0.2) is 6.61 Å². The van der Waals surface area contributed by atoms with Crippen molar-refractivity contribution in [2.75, 3.05) is 24.6 Å². The van der Waals surface area contributed by atoms with E-state index in [-0.39, 0.29) is 31.1 Å². The largest absolute Gasteiger partial charge is 0.482 e. The van der Waals surface area contributed by atoms with Gasteiger partial charge in [0.2, 0.25) is 0 Å². The summed E-state index contributed by atoms with van der Waals surface area (Å²) in [7, 11) is 0. The Hall–Kier alpha value is -3.75. The molecule has 0 radical (unpaired) electrons. The number of carbonyl (C=O) groups excluding carboxylic acids is 3. The van der Waals surface area contributed by atoms with Crippen molar-refractivity contribution in [2.24, 2.45) is 0 Å². The van der Waals surface area contributed by atoms with Crippen molar-refractivity contribution in [1.29, 1.82) is 0 Å². The lowest BCUT2D eigenvalue weighted by molar-refractivity contribution is -0.384.